The maximum Gasteiger partial charge on any atom is 0.316 e. The van der Waals surface area contributed by atoms with E-state index < -0.39 is 5.41 Å². The lowest BCUT2D eigenvalue weighted by Gasteiger charge is -2.41. The zero-order valence-electron chi connectivity index (χ0n) is 14.5. The van der Waals surface area contributed by atoms with E-state index in [-0.39, 0.29) is 18.0 Å². The van der Waals surface area contributed by atoms with E-state index in [0.29, 0.717) is 6.54 Å². The first-order valence-electron chi connectivity index (χ1n) is 9.32. The Morgan fingerprint density at radius 1 is 1.17 bits per heavy atom. The highest BCUT2D eigenvalue weighted by Gasteiger charge is 2.45. The third kappa shape index (κ3) is 3.27. The van der Waals surface area contributed by atoms with Crippen molar-refractivity contribution >= 4 is 5.97 Å². The molecule has 1 aromatic carbocycles. The van der Waals surface area contributed by atoms with E-state index in [1.54, 1.807) is 0 Å². The van der Waals surface area contributed by atoms with Gasteiger partial charge in [0.1, 0.15) is 6.10 Å². The van der Waals surface area contributed by atoms with Crippen LogP contribution >= 0.6 is 0 Å². The molecule has 0 aliphatic heterocycles. The fraction of sp³-hybridized carbons (Fsp3) is 0.571. The van der Waals surface area contributed by atoms with Crippen LogP contribution in [0, 0.1) is 5.92 Å². The minimum atomic E-state index is -0.470. The Bertz CT molecular complexity index is 573. The molecule has 2 aliphatic rings. The van der Waals surface area contributed by atoms with Gasteiger partial charge < -0.3 is 10.5 Å². The zero-order chi connectivity index (χ0) is 17.0. The van der Waals surface area contributed by atoms with Crippen LogP contribution in [0.5, 0.6) is 0 Å². The maximum atomic E-state index is 13.2. The smallest absolute Gasteiger partial charge is 0.316 e. The number of nitrogens with two attached hydrogens (primary N) is 1. The van der Waals surface area contributed by atoms with Gasteiger partial charge in [0, 0.05) is 12.3 Å². The number of ether oxygens (including phenoxy) is 1. The van der Waals surface area contributed by atoms with E-state index in [4.69, 9.17) is 10.5 Å². The summed E-state index contributed by atoms with van der Waals surface area (Å²) in [6.45, 7) is 4.69. The maximum absolute atomic E-state index is 13.2. The van der Waals surface area contributed by atoms with Crippen molar-refractivity contribution < 1.29 is 9.53 Å². The van der Waals surface area contributed by atoms with Gasteiger partial charge in [0.2, 0.25) is 0 Å². The number of hydrogen-bond donors (Lipinski definition) is 1. The molecule has 0 radical (unpaired) electrons. The van der Waals surface area contributed by atoms with Crippen molar-refractivity contribution in [1.82, 2.24) is 0 Å². The predicted molar refractivity (Wildman–Crippen MR) is 96.6 cm³/mol. The fourth-order valence-corrected chi connectivity index (χ4v) is 4.30. The Balaban J connectivity index is 1.80. The molecular weight excluding hydrogens is 298 g/mol. The van der Waals surface area contributed by atoms with Crippen molar-refractivity contribution in [3.63, 3.8) is 0 Å². The second-order valence-electron chi connectivity index (χ2n) is 7.35. The second kappa shape index (κ2) is 7.52. The molecule has 0 heterocycles. The molecule has 0 spiro atoms. The van der Waals surface area contributed by atoms with Crippen LogP contribution in [-0.2, 0) is 14.9 Å². The average Bonchev–Trinajstić information content (AvgIpc) is 2.87. The molecule has 2 fully saturated rings. The SMILES string of the molecule is C=C1CC(OC(=O)C2(c3ccccc3)CCCCCC2)C1CCN. The molecule has 3 rings (SSSR count). The second-order valence-corrected chi connectivity index (χ2v) is 7.35. The van der Waals surface area contributed by atoms with Crippen molar-refractivity contribution in [1.29, 1.82) is 0 Å². The summed E-state index contributed by atoms with van der Waals surface area (Å²) in [5.41, 5.74) is 7.51. The first kappa shape index (κ1) is 17.2. The topological polar surface area (TPSA) is 52.3 Å². The van der Waals surface area contributed by atoms with E-state index in [1.165, 1.54) is 18.4 Å². The molecule has 0 bridgehead atoms. The number of hydrogen-bond acceptors (Lipinski definition) is 3. The highest BCUT2D eigenvalue weighted by molar-refractivity contribution is 5.83. The third-order valence-corrected chi connectivity index (χ3v) is 5.85. The minimum Gasteiger partial charge on any atom is -0.461 e. The van der Waals surface area contributed by atoms with E-state index in [1.807, 2.05) is 18.2 Å². The van der Waals surface area contributed by atoms with Gasteiger partial charge in [-0.15, -0.1) is 0 Å². The first-order chi connectivity index (χ1) is 11.7. The number of carbonyl (C=O) groups is 1. The molecule has 0 aromatic heterocycles. The zero-order valence-corrected chi connectivity index (χ0v) is 14.5. The van der Waals surface area contributed by atoms with E-state index in [0.717, 1.165) is 44.1 Å². The van der Waals surface area contributed by atoms with E-state index in [9.17, 15) is 4.79 Å². The normalized spacial score (nSPS) is 26.3. The van der Waals surface area contributed by atoms with Gasteiger partial charge in [-0.1, -0.05) is 68.2 Å². The summed E-state index contributed by atoms with van der Waals surface area (Å²) < 4.78 is 6.02. The highest BCUT2D eigenvalue weighted by Crippen LogP contribution is 2.43. The van der Waals surface area contributed by atoms with Crippen LogP contribution in [0.1, 0.15) is 56.9 Å². The molecule has 24 heavy (non-hydrogen) atoms. The van der Waals surface area contributed by atoms with Crippen molar-refractivity contribution in [3.8, 4) is 0 Å². The van der Waals surface area contributed by atoms with Crippen LogP contribution in [0.15, 0.2) is 42.5 Å². The average molecular weight is 327 g/mol. The monoisotopic (exact) mass is 327 g/mol. The highest BCUT2D eigenvalue weighted by atomic mass is 16.5. The minimum absolute atomic E-state index is 0.0302. The number of carbonyl (C=O) groups excluding carboxylic acids is 1. The van der Waals surface area contributed by atoms with Crippen LogP contribution in [0.2, 0.25) is 0 Å². The Kier molecular flexibility index (Phi) is 5.40. The van der Waals surface area contributed by atoms with Crippen molar-refractivity contribution in [2.24, 2.45) is 11.7 Å². The molecule has 3 nitrogen and oxygen atoms in total. The molecular formula is C21H29NO2. The molecule has 1 aromatic rings. The van der Waals surface area contributed by atoms with Gasteiger partial charge in [-0.25, -0.2) is 0 Å². The Morgan fingerprint density at radius 2 is 1.83 bits per heavy atom. The standard InChI is InChI=1S/C21H29NO2/c1-16-15-19(18(16)11-14-22)24-20(23)21(12-7-2-3-8-13-21)17-9-5-4-6-10-17/h4-6,9-10,18-19H,1-3,7-8,11-15,22H2. The van der Waals surface area contributed by atoms with Crippen LogP contribution in [0.25, 0.3) is 0 Å². The molecule has 130 valence electrons. The predicted octanol–water partition coefficient (Wildman–Crippen LogP) is 4.12. The summed E-state index contributed by atoms with van der Waals surface area (Å²) in [5.74, 6) is 0.215. The van der Waals surface area contributed by atoms with Crippen molar-refractivity contribution in [3.05, 3.63) is 48.0 Å². The molecule has 2 unspecified atom stereocenters. The molecule has 0 saturated heterocycles. The van der Waals surface area contributed by atoms with Gasteiger partial charge in [-0.2, -0.15) is 0 Å². The third-order valence-electron chi connectivity index (χ3n) is 5.85. The lowest BCUT2D eigenvalue weighted by atomic mass is 9.72. The summed E-state index contributed by atoms with van der Waals surface area (Å²) in [6.07, 6.45) is 8.00. The summed E-state index contributed by atoms with van der Waals surface area (Å²) in [4.78, 5) is 13.2. The molecule has 2 N–H and O–H groups in total. The van der Waals surface area contributed by atoms with Gasteiger partial charge in [0.15, 0.2) is 0 Å². The van der Waals surface area contributed by atoms with E-state index >= 15 is 0 Å². The number of esters is 1. The van der Waals surface area contributed by atoms with Crippen molar-refractivity contribution in [2.45, 2.75) is 62.9 Å². The molecule has 2 aliphatic carbocycles. The molecule has 2 atom stereocenters. The number of benzene rings is 1. The lowest BCUT2D eigenvalue weighted by Crippen LogP contribution is -2.45. The van der Waals surface area contributed by atoms with Gasteiger partial charge in [-0.3, -0.25) is 4.79 Å². The first-order valence-corrected chi connectivity index (χ1v) is 9.32. The largest absolute Gasteiger partial charge is 0.461 e. The lowest BCUT2D eigenvalue weighted by molar-refractivity contribution is -0.162. The van der Waals surface area contributed by atoms with Crippen LogP contribution in [0.3, 0.4) is 0 Å². The quantitative estimate of drug-likeness (QED) is 0.503. The molecule has 2 saturated carbocycles. The van der Waals surface area contributed by atoms with E-state index in [2.05, 4.69) is 18.7 Å². The Labute approximate surface area is 145 Å². The van der Waals surface area contributed by atoms with Gasteiger partial charge in [0.25, 0.3) is 0 Å². The summed E-state index contributed by atoms with van der Waals surface area (Å²) in [6, 6.07) is 10.2. The number of rotatable bonds is 5. The van der Waals surface area contributed by atoms with Crippen molar-refractivity contribution in [2.75, 3.05) is 6.54 Å². The summed E-state index contributed by atoms with van der Waals surface area (Å²) in [5, 5.41) is 0. The summed E-state index contributed by atoms with van der Waals surface area (Å²) >= 11 is 0. The van der Waals surface area contributed by atoms with Gasteiger partial charge in [0.05, 0.1) is 5.41 Å². The fourth-order valence-electron chi connectivity index (χ4n) is 4.30. The Morgan fingerprint density at radius 3 is 2.42 bits per heavy atom. The van der Waals surface area contributed by atoms with Gasteiger partial charge in [-0.05, 0) is 31.4 Å². The van der Waals surface area contributed by atoms with Crippen LogP contribution in [0.4, 0.5) is 0 Å². The molecule has 0 amide bonds. The Hall–Kier alpha value is -1.61. The van der Waals surface area contributed by atoms with Crippen LogP contribution < -0.4 is 5.73 Å². The van der Waals surface area contributed by atoms with Gasteiger partial charge >= 0.3 is 5.97 Å². The molecule has 3 heteroatoms. The summed E-state index contributed by atoms with van der Waals surface area (Å²) in [7, 11) is 0. The van der Waals surface area contributed by atoms with Crippen LogP contribution in [-0.4, -0.2) is 18.6 Å².